The molecule has 13 heteroatoms. The van der Waals surface area contributed by atoms with Crippen LogP contribution in [-0.2, 0) is 10.0 Å². The Morgan fingerprint density at radius 1 is 0.974 bits per heavy atom. The highest BCUT2D eigenvalue weighted by Crippen LogP contribution is 2.31. The summed E-state index contributed by atoms with van der Waals surface area (Å²) in [6, 6.07) is 16.5. The van der Waals surface area contributed by atoms with Crippen molar-refractivity contribution in [2.24, 2.45) is 0 Å². The van der Waals surface area contributed by atoms with Crippen LogP contribution < -0.4 is 14.9 Å². The topological polar surface area (TPSA) is 94.6 Å². The molecule has 5 rings (SSSR count). The number of amides is 1. The van der Waals surface area contributed by atoms with Crippen LogP contribution in [0.1, 0.15) is 10.4 Å². The van der Waals surface area contributed by atoms with E-state index in [1.165, 1.54) is 35.6 Å². The first kappa shape index (κ1) is 28.7. The van der Waals surface area contributed by atoms with E-state index in [1.54, 1.807) is 36.4 Å². The standard InChI is InChI=1S/C26H25F2N5O3S2.ClH/c27-19-16-22(28)24-23(17-19)37-26(30-24)33-13-11-32(12-14-33)10-9-29-25(34)18-5-4-6-20(15-18)31-38(35,36)21-7-2-1-3-8-21;/h1-8,15-17,31H,9-14H2,(H,29,34);1H. The second-order valence-corrected chi connectivity index (χ2v) is 11.5. The number of carbonyl (C=O) groups excluding carboxylic acids is 1. The highest BCUT2D eigenvalue weighted by molar-refractivity contribution is 7.92. The van der Waals surface area contributed by atoms with Gasteiger partial charge in [0.15, 0.2) is 10.9 Å². The van der Waals surface area contributed by atoms with E-state index in [-0.39, 0.29) is 28.7 Å². The summed E-state index contributed by atoms with van der Waals surface area (Å²) >= 11 is 1.27. The Bertz CT molecular complexity index is 1560. The van der Waals surface area contributed by atoms with Crippen molar-refractivity contribution in [2.75, 3.05) is 48.9 Å². The number of hydrogen-bond donors (Lipinski definition) is 2. The number of carbonyl (C=O) groups is 1. The monoisotopic (exact) mass is 593 g/mol. The van der Waals surface area contributed by atoms with E-state index >= 15 is 0 Å². The van der Waals surface area contributed by atoms with Crippen LogP contribution in [0.4, 0.5) is 19.6 Å². The molecule has 0 aliphatic carbocycles. The lowest BCUT2D eigenvalue weighted by Crippen LogP contribution is -2.48. The molecular formula is C26H26ClF2N5O3S2. The zero-order valence-corrected chi connectivity index (χ0v) is 23.1. The summed E-state index contributed by atoms with van der Waals surface area (Å²) in [6.07, 6.45) is 0. The van der Waals surface area contributed by atoms with Gasteiger partial charge in [0.25, 0.3) is 15.9 Å². The smallest absolute Gasteiger partial charge is 0.261 e. The average Bonchev–Trinajstić information content (AvgIpc) is 3.34. The Balaban J connectivity index is 0.00000353. The summed E-state index contributed by atoms with van der Waals surface area (Å²) in [6.45, 7) is 3.89. The first-order valence-electron chi connectivity index (χ1n) is 12.0. The van der Waals surface area contributed by atoms with Crippen molar-refractivity contribution < 1.29 is 22.0 Å². The molecule has 0 spiro atoms. The minimum Gasteiger partial charge on any atom is -0.351 e. The third-order valence-corrected chi connectivity index (χ3v) is 8.65. The maximum atomic E-state index is 14.0. The number of aromatic nitrogens is 1. The van der Waals surface area contributed by atoms with Gasteiger partial charge >= 0.3 is 0 Å². The van der Waals surface area contributed by atoms with Gasteiger partial charge in [0.2, 0.25) is 0 Å². The number of hydrogen-bond acceptors (Lipinski definition) is 7. The maximum absolute atomic E-state index is 14.0. The minimum absolute atomic E-state index is 0. The van der Waals surface area contributed by atoms with Crippen LogP contribution in [0.5, 0.6) is 0 Å². The zero-order valence-electron chi connectivity index (χ0n) is 20.6. The summed E-state index contributed by atoms with van der Waals surface area (Å²) < 4.78 is 55.6. The lowest BCUT2D eigenvalue weighted by molar-refractivity contribution is 0.0947. The Morgan fingerprint density at radius 2 is 1.72 bits per heavy atom. The van der Waals surface area contributed by atoms with Gasteiger partial charge in [0, 0.05) is 56.6 Å². The van der Waals surface area contributed by atoms with E-state index in [0.29, 0.717) is 47.3 Å². The van der Waals surface area contributed by atoms with Gasteiger partial charge in [0.1, 0.15) is 11.3 Å². The number of rotatable bonds is 8. The fourth-order valence-electron chi connectivity index (χ4n) is 4.21. The van der Waals surface area contributed by atoms with Gasteiger partial charge in [-0.3, -0.25) is 14.4 Å². The molecule has 4 aromatic rings. The van der Waals surface area contributed by atoms with Crippen molar-refractivity contribution >= 4 is 60.7 Å². The van der Waals surface area contributed by atoms with Crippen LogP contribution in [0.3, 0.4) is 0 Å². The second kappa shape index (κ2) is 12.2. The van der Waals surface area contributed by atoms with Crippen LogP contribution in [0, 0.1) is 11.6 Å². The fraction of sp³-hybridized carbons (Fsp3) is 0.231. The number of piperazine rings is 1. The molecule has 39 heavy (non-hydrogen) atoms. The molecule has 0 unspecified atom stereocenters. The molecule has 0 atom stereocenters. The van der Waals surface area contributed by atoms with Gasteiger partial charge in [0.05, 0.1) is 9.60 Å². The lowest BCUT2D eigenvalue weighted by Gasteiger charge is -2.34. The first-order valence-corrected chi connectivity index (χ1v) is 14.3. The van der Waals surface area contributed by atoms with Gasteiger partial charge in [-0.2, -0.15) is 0 Å². The van der Waals surface area contributed by atoms with E-state index in [9.17, 15) is 22.0 Å². The average molecular weight is 594 g/mol. The van der Waals surface area contributed by atoms with Crippen molar-refractivity contribution in [3.05, 3.63) is 83.9 Å². The molecule has 0 saturated carbocycles. The molecule has 2 heterocycles. The van der Waals surface area contributed by atoms with Crippen LogP contribution in [0.2, 0.25) is 0 Å². The molecule has 2 N–H and O–H groups in total. The maximum Gasteiger partial charge on any atom is 0.261 e. The Hall–Kier alpha value is -3.32. The number of fused-ring (bicyclic) bond motifs is 1. The Kier molecular flexibility index (Phi) is 9.01. The predicted octanol–water partition coefficient (Wildman–Crippen LogP) is 4.35. The highest BCUT2D eigenvalue weighted by Gasteiger charge is 2.21. The Morgan fingerprint density at radius 3 is 2.46 bits per heavy atom. The molecule has 0 radical (unpaired) electrons. The molecule has 0 bridgehead atoms. The Labute approximate surface area is 235 Å². The summed E-state index contributed by atoms with van der Waals surface area (Å²) in [5, 5.41) is 3.55. The first-order chi connectivity index (χ1) is 18.3. The molecule has 1 fully saturated rings. The van der Waals surface area contributed by atoms with E-state index in [4.69, 9.17) is 0 Å². The largest absolute Gasteiger partial charge is 0.351 e. The fourth-order valence-corrected chi connectivity index (χ4v) is 6.34. The molecular weight excluding hydrogens is 568 g/mol. The lowest BCUT2D eigenvalue weighted by atomic mass is 10.2. The van der Waals surface area contributed by atoms with E-state index in [2.05, 4.69) is 24.8 Å². The van der Waals surface area contributed by atoms with Gasteiger partial charge < -0.3 is 10.2 Å². The van der Waals surface area contributed by atoms with Gasteiger partial charge in [-0.25, -0.2) is 22.2 Å². The van der Waals surface area contributed by atoms with Crippen molar-refractivity contribution in [1.82, 2.24) is 15.2 Å². The van der Waals surface area contributed by atoms with Crippen molar-refractivity contribution in [3.63, 3.8) is 0 Å². The number of benzene rings is 3. The van der Waals surface area contributed by atoms with Crippen LogP contribution >= 0.6 is 23.7 Å². The second-order valence-electron chi connectivity index (χ2n) is 8.81. The normalized spacial score (nSPS) is 14.2. The van der Waals surface area contributed by atoms with E-state index in [1.807, 2.05) is 0 Å². The third kappa shape index (κ3) is 6.82. The van der Waals surface area contributed by atoms with Gasteiger partial charge in [-0.15, -0.1) is 12.4 Å². The highest BCUT2D eigenvalue weighted by atomic mass is 35.5. The number of anilines is 2. The molecule has 1 aromatic heterocycles. The summed E-state index contributed by atoms with van der Waals surface area (Å²) in [7, 11) is -3.76. The zero-order chi connectivity index (χ0) is 26.7. The molecule has 1 saturated heterocycles. The quantitative estimate of drug-likeness (QED) is 0.315. The molecule has 1 aliphatic heterocycles. The number of halogens is 3. The van der Waals surface area contributed by atoms with Crippen LogP contribution in [0.15, 0.2) is 71.6 Å². The number of nitrogens with zero attached hydrogens (tertiary/aromatic N) is 3. The number of nitrogens with one attached hydrogen (secondary N) is 2. The molecule has 3 aromatic carbocycles. The summed E-state index contributed by atoms with van der Waals surface area (Å²) in [5.41, 5.74) is 0.839. The SMILES string of the molecule is Cl.O=C(NCCN1CCN(c2nc3c(F)cc(F)cc3s2)CC1)c1cccc(NS(=O)(=O)c2ccccc2)c1. The van der Waals surface area contributed by atoms with E-state index < -0.39 is 21.7 Å². The van der Waals surface area contributed by atoms with Crippen molar-refractivity contribution in [3.8, 4) is 0 Å². The molecule has 1 amide bonds. The molecule has 206 valence electrons. The summed E-state index contributed by atoms with van der Waals surface area (Å²) in [5.74, 6) is -1.57. The molecule has 8 nitrogen and oxygen atoms in total. The number of thiazole rings is 1. The predicted molar refractivity (Wildman–Crippen MR) is 151 cm³/mol. The van der Waals surface area contributed by atoms with E-state index in [0.717, 1.165) is 19.2 Å². The van der Waals surface area contributed by atoms with Crippen molar-refractivity contribution in [1.29, 1.82) is 0 Å². The summed E-state index contributed by atoms with van der Waals surface area (Å²) in [4.78, 5) is 21.4. The number of sulfonamides is 1. The molecule has 1 aliphatic rings. The third-order valence-electron chi connectivity index (χ3n) is 6.19. The van der Waals surface area contributed by atoms with Crippen LogP contribution in [-0.4, -0.2) is 63.5 Å². The van der Waals surface area contributed by atoms with Crippen LogP contribution in [0.25, 0.3) is 10.2 Å². The minimum atomic E-state index is -3.76. The van der Waals surface area contributed by atoms with Gasteiger partial charge in [-0.1, -0.05) is 35.6 Å². The van der Waals surface area contributed by atoms with Crippen molar-refractivity contribution in [2.45, 2.75) is 4.90 Å². The van der Waals surface area contributed by atoms with Gasteiger partial charge in [-0.05, 0) is 36.4 Å².